The molecule has 0 aromatic heterocycles. The van der Waals surface area contributed by atoms with Crippen LogP contribution in [0.15, 0.2) is 36.4 Å². The third-order valence-corrected chi connectivity index (χ3v) is 3.32. The second-order valence-electron chi connectivity index (χ2n) is 4.84. The van der Waals surface area contributed by atoms with Gasteiger partial charge in [-0.2, -0.15) is 0 Å². The molecule has 1 fully saturated rings. The molecule has 0 aliphatic carbocycles. The number of ether oxygens (including phenoxy) is 2. The van der Waals surface area contributed by atoms with Gasteiger partial charge in [0.15, 0.2) is 6.29 Å². The van der Waals surface area contributed by atoms with E-state index < -0.39 is 37.3 Å². The van der Waals surface area contributed by atoms with Gasteiger partial charge in [-0.05, 0) is 5.56 Å². The molecule has 1 aromatic rings. The Labute approximate surface area is 122 Å². The van der Waals surface area contributed by atoms with Crippen LogP contribution in [0.1, 0.15) is 5.56 Å². The molecule has 2 rings (SSSR count). The number of aliphatic hydroxyl groups is 4. The standard InChI is InChI=1S/C15H20O6/c16-9-11-12(17)13(18)14(19)15(21-11)20-8-4-7-10-5-2-1-3-6-10/h1-7,11-19H,8-9H2. The number of hydrogen-bond donors (Lipinski definition) is 4. The van der Waals surface area contributed by atoms with E-state index in [1.807, 2.05) is 36.4 Å². The quantitative estimate of drug-likeness (QED) is 0.585. The number of hydrogen-bond acceptors (Lipinski definition) is 6. The lowest BCUT2D eigenvalue weighted by atomic mass is 9.99. The Balaban J connectivity index is 1.86. The first-order chi connectivity index (χ1) is 10.1. The molecule has 5 unspecified atom stereocenters. The van der Waals surface area contributed by atoms with E-state index in [2.05, 4.69) is 0 Å². The van der Waals surface area contributed by atoms with Crippen LogP contribution in [0.2, 0.25) is 0 Å². The zero-order valence-corrected chi connectivity index (χ0v) is 11.4. The summed E-state index contributed by atoms with van der Waals surface area (Å²) in [5, 5.41) is 38.1. The van der Waals surface area contributed by atoms with E-state index in [1.54, 1.807) is 6.08 Å². The van der Waals surface area contributed by atoms with Gasteiger partial charge in [0.2, 0.25) is 0 Å². The molecule has 1 saturated heterocycles. The first kappa shape index (κ1) is 16.1. The van der Waals surface area contributed by atoms with Crippen molar-refractivity contribution in [2.24, 2.45) is 0 Å². The minimum atomic E-state index is -1.42. The first-order valence-corrected chi connectivity index (χ1v) is 6.77. The van der Waals surface area contributed by atoms with Gasteiger partial charge in [0.25, 0.3) is 0 Å². The van der Waals surface area contributed by atoms with Crippen molar-refractivity contribution < 1.29 is 29.9 Å². The normalized spacial score (nSPS) is 33.4. The fourth-order valence-electron chi connectivity index (χ4n) is 2.10. The van der Waals surface area contributed by atoms with Gasteiger partial charge in [-0.1, -0.05) is 42.5 Å². The molecule has 4 N–H and O–H groups in total. The molecular weight excluding hydrogens is 276 g/mol. The van der Waals surface area contributed by atoms with E-state index >= 15 is 0 Å². The SMILES string of the molecule is OCC1OC(OCC=Cc2ccccc2)C(O)C(O)C1O. The van der Waals surface area contributed by atoms with E-state index in [-0.39, 0.29) is 6.61 Å². The van der Waals surface area contributed by atoms with Crippen LogP contribution >= 0.6 is 0 Å². The highest BCUT2D eigenvalue weighted by Crippen LogP contribution is 2.21. The minimum absolute atomic E-state index is 0.164. The maximum Gasteiger partial charge on any atom is 0.187 e. The molecule has 5 atom stereocenters. The minimum Gasteiger partial charge on any atom is -0.394 e. The van der Waals surface area contributed by atoms with Crippen LogP contribution < -0.4 is 0 Å². The van der Waals surface area contributed by atoms with E-state index in [0.29, 0.717) is 0 Å². The van der Waals surface area contributed by atoms with Gasteiger partial charge in [-0.15, -0.1) is 0 Å². The number of aliphatic hydroxyl groups excluding tert-OH is 4. The van der Waals surface area contributed by atoms with Crippen LogP contribution in [-0.2, 0) is 9.47 Å². The van der Waals surface area contributed by atoms with Crippen molar-refractivity contribution in [2.75, 3.05) is 13.2 Å². The first-order valence-electron chi connectivity index (χ1n) is 6.77. The molecule has 0 bridgehead atoms. The average molecular weight is 296 g/mol. The second-order valence-corrected chi connectivity index (χ2v) is 4.84. The highest BCUT2D eigenvalue weighted by molar-refractivity contribution is 5.48. The highest BCUT2D eigenvalue weighted by atomic mass is 16.7. The van der Waals surface area contributed by atoms with Gasteiger partial charge < -0.3 is 29.9 Å². The van der Waals surface area contributed by atoms with Crippen molar-refractivity contribution in [3.8, 4) is 0 Å². The van der Waals surface area contributed by atoms with Crippen molar-refractivity contribution in [2.45, 2.75) is 30.7 Å². The monoisotopic (exact) mass is 296 g/mol. The topological polar surface area (TPSA) is 99.4 Å². The molecule has 1 aliphatic rings. The van der Waals surface area contributed by atoms with E-state index in [0.717, 1.165) is 5.56 Å². The van der Waals surface area contributed by atoms with Gasteiger partial charge in [0.1, 0.15) is 24.4 Å². The molecule has 1 heterocycles. The number of rotatable bonds is 5. The maximum absolute atomic E-state index is 9.77. The number of benzene rings is 1. The summed E-state index contributed by atoms with van der Waals surface area (Å²) in [6, 6.07) is 9.62. The fraction of sp³-hybridized carbons (Fsp3) is 0.467. The van der Waals surface area contributed by atoms with E-state index in [4.69, 9.17) is 14.6 Å². The Kier molecular flexibility index (Phi) is 5.86. The average Bonchev–Trinajstić information content (AvgIpc) is 2.52. The van der Waals surface area contributed by atoms with E-state index in [1.165, 1.54) is 0 Å². The van der Waals surface area contributed by atoms with Crippen LogP contribution in [0.25, 0.3) is 6.08 Å². The van der Waals surface area contributed by atoms with Crippen molar-refractivity contribution in [3.05, 3.63) is 42.0 Å². The summed E-state index contributed by atoms with van der Waals surface area (Å²) in [5.74, 6) is 0. The van der Waals surface area contributed by atoms with Crippen molar-refractivity contribution >= 4 is 6.08 Å². The van der Waals surface area contributed by atoms with Gasteiger partial charge >= 0.3 is 0 Å². The van der Waals surface area contributed by atoms with Crippen molar-refractivity contribution in [1.82, 2.24) is 0 Å². The molecule has 1 aliphatic heterocycles. The lowest BCUT2D eigenvalue weighted by Crippen LogP contribution is -2.59. The summed E-state index contributed by atoms with van der Waals surface area (Å²) in [6.45, 7) is -0.303. The molecular formula is C15H20O6. The molecule has 0 radical (unpaired) electrons. The Morgan fingerprint density at radius 2 is 1.76 bits per heavy atom. The predicted molar refractivity (Wildman–Crippen MR) is 75.2 cm³/mol. The summed E-state index contributed by atoms with van der Waals surface area (Å²) in [6.07, 6.45) is -2.61. The third-order valence-electron chi connectivity index (χ3n) is 3.32. The lowest BCUT2D eigenvalue weighted by molar-refractivity contribution is -0.298. The summed E-state index contributed by atoms with van der Waals surface area (Å²) < 4.78 is 10.5. The largest absolute Gasteiger partial charge is 0.394 e. The van der Waals surface area contributed by atoms with Gasteiger partial charge in [0.05, 0.1) is 13.2 Å². The smallest absolute Gasteiger partial charge is 0.187 e. The Hall–Kier alpha value is -1.28. The third kappa shape index (κ3) is 4.10. The predicted octanol–water partition coefficient (Wildman–Crippen LogP) is -0.484. The summed E-state index contributed by atoms with van der Waals surface area (Å²) in [5.41, 5.74) is 1.01. The molecule has 1 aromatic carbocycles. The molecule has 0 spiro atoms. The van der Waals surface area contributed by atoms with Crippen LogP contribution in [0.5, 0.6) is 0 Å². The molecule has 6 nitrogen and oxygen atoms in total. The molecule has 0 amide bonds. The van der Waals surface area contributed by atoms with Crippen LogP contribution in [0.3, 0.4) is 0 Å². The lowest BCUT2D eigenvalue weighted by Gasteiger charge is -2.39. The Morgan fingerprint density at radius 3 is 2.43 bits per heavy atom. The summed E-state index contributed by atoms with van der Waals surface area (Å²) in [4.78, 5) is 0. The Morgan fingerprint density at radius 1 is 1.05 bits per heavy atom. The summed E-state index contributed by atoms with van der Waals surface area (Å²) >= 11 is 0. The van der Waals surface area contributed by atoms with Crippen LogP contribution in [-0.4, -0.2) is 64.3 Å². The summed E-state index contributed by atoms with van der Waals surface area (Å²) in [7, 11) is 0. The van der Waals surface area contributed by atoms with Crippen molar-refractivity contribution in [1.29, 1.82) is 0 Å². The van der Waals surface area contributed by atoms with Crippen molar-refractivity contribution in [3.63, 3.8) is 0 Å². The molecule has 6 heteroatoms. The van der Waals surface area contributed by atoms with Crippen LogP contribution in [0.4, 0.5) is 0 Å². The fourth-order valence-corrected chi connectivity index (χ4v) is 2.10. The van der Waals surface area contributed by atoms with E-state index in [9.17, 15) is 15.3 Å². The van der Waals surface area contributed by atoms with Gasteiger partial charge in [-0.25, -0.2) is 0 Å². The zero-order chi connectivity index (χ0) is 15.2. The highest BCUT2D eigenvalue weighted by Gasteiger charge is 2.43. The molecule has 21 heavy (non-hydrogen) atoms. The van der Waals surface area contributed by atoms with Gasteiger partial charge in [-0.3, -0.25) is 0 Å². The molecule has 116 valence electrons. The Bertz CT molecular complexity index is 447. The van der Waals surface area contributed by atoms with Gasteiger partial charge in [0, 0.05) is 0 Å². The molecule has 0 saturated carbocycles. The van der Waals surface area contributed by atoms with Crippen LogP contribution in [0, 0.1) is 0 Å². The maximum atomic E-state index is 9.77. The second kappa shape index (κ2) is 7.65. The zero-order valence-electron chi connectivity index (χ0n) is 11.4.